The Bertz CT molecular complexity index is 366. The lowest BCUT2D eigenvalue weighted by Crippen LogP contribution is -2.52. The molecule has 1 aliphatic carbocycles. The molecule has 1 amide bonds. The summed E-state index contributed by atoms with van der Waals surface area (Å²) in [5, 5.41) is 15.3. The third-order valence-electron chi connectivity index (χ3n) is 4.94. The summed E-state index contributed by atoms with van der Waals surface area (Å²) < 4.78 is 0. The fourth-order valence-corrected chi connectivity index (χ4v) is 3.77. The number of amides is 1. The van der Waals surface area contributed by atoms with Gasteiger partial charge in [0.05, 0.1) is 6.73 Å². The Kier molecular flexibility index (Phi) is 5.84. The van der Waals surface area contributed by atoms with Gasteiger partial charge in [-0.1, -0.05) is 41.5 Å². The maximum atomic E-state index is 12.4. The summed E-state index contributed by atoms with van der Waals surface area (Å²) in [6.45, 7) is 13.7. The molecule has 0 aliphatic heterocycles. The molecular weight excluding hydrogens is 264 g/mol. The molecule has 0 radical (unpaired) electrons. The fraction of sp³-hybridized carbons (Fsp3) is 0.941. The predicted octanol–water partition coefficient (Wildman–Crippen LogP) is 2.66. The monoisotopic (exact) mass is 298 g/mol. The highest BCUT2D eigenvalue weighted by Crippen LogP contribution is 2.45. The first-order valence-corrected chi connectivity index (χ1v) is 8.16. The number of carbonyl (C=O) groups is 1. The molecule has 0 saturated heterocycles. The van der Waals surface area contributed by atoms with Gasteiger partial charge in [0.2, 0.25) is 5.91 Å². The van der Waals surface area contributed by atoms with E-state index in [2.05, 4.69) is 38.3 Å². The summed E-state index contributed by atoms with van der Waals surface area (Å²) in [5.41, 5.74) is 0.0125. The average molecular weight is 298 g/mol. The van der Waals surface area contributed by atoms with Crippen LogP contribution in [0, 0.1) is 16.2 Å². The summed E-state index contributed by atoms with van der Waals surface area (Å²) >= 11 is 0. The molecule has 0 aromatic heterocycles. The van der Waals surface area contributed by atoms with Crippen molar-refractivity contribution in [3.8, 4) is 0 Å². The molecule has 0 aromatic carbocycles. The largest absolute Gasteiger partial charge is 0.381 e. The minimum Gasteiger partial charge on any atom is -0.381 e. The maximum Gasteiger partial charge on any atom is 0.225 e. The van der Waals surface area contributed by atoms with Gasteiger partial charge in [0.15, 0.2) is 0 Å². The van der Waals surface area contributed by atoms with Crippen LogP contribution in [0.4, 0.5) is 0 Å². The number of hydrogen-bond donors (Lipinski definition) is 3. The van der Waals surface area contributed by atoms with Crippen molar-refractivity contribution in [1.29, 1.82) is 0 Å². The van der Waals surface area contributed by atoms with Crippen molar-refractivity contribution in [2.24, 2.45) is 16.2 Å². The smallest absolute Gasteiger partial charge is 0.225 e. The second-order valence-electron chi connectivity index (χ2n) is 8.55. The lowest BCUT2D eigenvalue weighted by Gasteiger charge is -2.47. The topological polar surface area (TPSA) is 61.4 Å². The first-order valence-electron chi connectivity index (χ1n) is 8.16. The molecular formula is C17H34N2O2. The van der Waals surface area contributed by atoms with Gasteiger partial charge in [-0.3, -0.25) is 10.1 Å². The van der Waals surface area contributed by atoms with Crippen molar-refractivity contribution < 1.29 is 9.90 Å². The molecule has 3 N–H and O–H groups in total. The third-order valence-corrected chi connectivity index (χ3v) is 4.94. The van der Waals surface area contributed by atoms with Crippen molar-refractivity contribution in [3.63, 3.8) is 0 Å². The molecule has 21 heavy (non-hydrogen) atoms. The van der Waals surface area contributed by atoms with E-state index in [1.165, 1.54) is 0 Å². The van der Waals surface area contributed by atoms with Crippen LogP contribution in [0.15, 0.2) is 0 Å². The molecule has 1 fully saturated rings. The van der Waals surface area contributed by atoms with E-state index in [1.807, 2.05) is 13.8 Å². The van der Waals surface area contributed by atoms with Gasteiger partial charge in [0.1, 0.15) is 0 Å². The summed E-state index contributed by atoms with van der Waals surface area (Å²) in [5.74, 6) is 0.158. The van der Waals surface area contributed by atoms with Crippen molar-refractivity contribution in [1.82, 2.24) is 10.6 Å². The van der Waals surface area contributed by atoms with Crippen molar-refractivity contribution in [3.05, 3.63) is 0 Å². The van der Waals surface area contributed by atoms with Crippen LogP contribution in [0.2, 0.25) is 0 Å². The zero-order chi connectivity index (χ0) is 16.3. The molecule has 1 aliphatic rings. The molecule has 4 heteroatoms. The molecule has 4 nitrogen and oxygen atoms in total. The summed E-state index contributed by atoms with van der Waals surface area (Å²) in [6.07, 6.45) is 3.94. The Morgan fingerprint density at radius 2 is 1.90 bits per heavy atom. The SMILES string of the molecule is CCC(C)(C)C(=O)NC1CC(C)(C)CC(C)(CNCO)C1. The molecule has 0 spiro atoms. The normalized spacial score (nSPS) is 29.2. The van der Waals surface area contributed by atoms with Crippen LogP contribution in [-0.4, -0.2) is 30.3 Å². The van der Waals surface area contributed by atoms with E-state index in [-0.39, 0.29) is 34.9 Å². The predicted molar refractivity (Wildman–Crippen MR) is 86.8 cm³/mol. The van der Waals surface area contributed by atoms with Crippen molar-refractivity contribution in [2.45, 2.75) is 73.3 Å². The highest BCUT2D eigenvalue weighted by molar-refractivity contribution is 5.82. The molecule has 1 saturated carbocycles. The molecule has 2 unspecified atom stereocenters. The van der Waals surface area contributed by atoms with Gasteiger partial charge in [-0.2, -0.15) is 0 Å². The summed E-state index contributed by atoms with van der Waals surface area (Å²) in [7, 11) is 0. The minimum atomic E-state index is -0.304. The van der Waals surface area contributed by atoms with Crippen molar-refractivity contribution in [2.75, 3.05) is 13.3 Å². The van der Waals surface area contributed by atoms with Gasteiger partial charge >= 0.3 is 0 Å². The van der Waals surface area contributed by atoms with E-state index in [0.717, 1.165) is 32.2 Å². The lowest BCUT2D eigenvalue weighted by atomic mass is 9.62. The molecule has 0 bridgehead atoms. The standard InChI is InChI=1S/C17H34N2O2/c1-7-16(4,5)14(21)19-13-8-15(2,3)10-17(6,9-13)11-18-12-20/h13,18,20H,7-12H2,1-6H3,(H,19,21). The third kappa shape index (κ3) is 5.26. The first-order chi connectivity index (χ1) is 9.53. The molecule has 2 atom stereocenters. The second-order valence-corrected chi connectivity index (χ2v) is 8.55. The van der Waals surface area contributed by atoms with Crippen LogP contribution in [0.5, 0.6) is 0 Å². The number of carbonyl (C=O) groups excluding carboxylic acids is 1. The number of hydrogen-bond acceptors (Lipinski definition) is 3. The van der Waals surface area contributed by atoms with E-state index in [1.54, 1.807) is 0 Å². The van der Waals surface area contributed by atoms with Gasteiger partial charge < -0.3 is 10.4 Å². The van der Waals surface area contributed by atoms with E-state index >= 15 is 0 Å². The summed E-state index contributed by atoms with van der Waals surface area (Å²) in [4.78, 5) is 12.4. The summed E-state index contributed by atoms with van der Waals surface area (Å²) in [6, 6.07) is 0.220. The van der Waals surface area contributed by atoms with Gasteiger partial charge in [-0.05, 0) is 36.5 Å². The van der Waals surface area contributed by atoms with E-state index in [0.29, 0.717) is 0 Å². The second kappa shape index (κ2) is 6.66. The lowest BCUT2D eigenvalue weighted by molar-refractivity contribution is -0.131. The first kappa shape index (κ1) is 18.4. The van der Waals surface area contributed by atoms with Crippen LogP contribution in [-0.2, 0) is 4.79 Å². The Morgan fingerprint density at radius 1 is 1.29 bits per heavy atom. The number of aliphatic hydroxyl groups excluding tert-OH is 1. The molecule has 124 valence electrons. The van der Waals surface area contributed by atoms with E-state index < -0.39 is 0 Å². The Morgan fingerprint density at radius 3 is 2.43 bits per heavy atom. The van der Waals surface area contributed by atoms with E-state index in [9.17, 15) is 4.79 Å². The van der Waals surface area contributed by atoms with Gasteiger partial charge in [-0.25, -0.2) is 0 Å². The number of nitrogens with one attached hydrogen (secondary N) is 2. The molecule has 1 rings (SSSR count). The average Bonchev–Trinajstić information content (AvgIpc) is 2.33. The Hall–Kier alpha value is -0.610. The highest BCUT2D eigenvalue weighted by atomic mass is 16.3. The van der Waals surface area contributed by atoms with Gasteiger partial charge in [-0.15, -0.1) is 0 Å². The Labute approximate surface area is 130 Å². The minimum absolute atomic E-state index is 0.00983. The van der Waals surface area contributed by atoms with Crippen LogP contribution < -0.4 is 10.6 Å². The van der Waals surface area contributed by atoms with Crippen LogP contribution in [0.1, 0.15) is 67.2 Å². The molecule has 0 heterocycles. The zero-order valence-corrected chi connectivity index (χ0v) is 14.7. The van der Waals surface area contributed by atoms with Crippen LogP contribution in [0.3, 0.4) is 0 Å². The van der Waals surface area contributed by atoms with Crippen LogP contribution >= 0.6 is 0 Å². The van der Waals surface area contributed by atoms with E-state index in [4.69, 9.17) is 5.11 Å². The fourth-order valence-electron chi connectivity index (χ4n) is 3.77. The maximum absolute atomic E-state index is 12.4. The number of aliphatic hydroxyl groups is 1. The van der Waals surface area contributed by atoms with Gasteiger partial charge in [0.25, 0.3) is 0 Å². The number of rotatable bonds is 6. The molecule has 0 aromatic rings. The zero-order valence-electron chi connectivity index (χ0n) is 14.7. The van der Waals surface area contributed by atoms with Crippen LogP contribution in [0.25, 0.3) is 0 Å². The Balaban J connectivity index is 2.76. The quantitative estimate of drug-likeness (QED) is 0.661. The van der Waals surface area contributed by atoms with Gasteiger partial charge in [0, 0.05) is 18.0 Å². The van der Waals surface area contributed by atoms with Crippen molar-refractivity contribution >= 4 is 5.91 Å². The highest BCUT2D eigenvalue weighted by Gasteiger charge is 2.42.